The van der Waals surface area contributed by atoms with Gasteiger partial charge in [0.2, 0.25) is 0 Å². The first-order chi connectivity index (χ1) is 8.49. The third kappa shape index (κ3) is 3.60. The number of aromatic nitrogens is 1. The van der Waals surface area contributed by atoms with E-state index in [9.17, 15) is 9.59 Å². The Morgan fingerprint density at radius 2 is 2.17 bits per heavy atom. The van der Waals surface area contributed by atoms with E-state index < -0.39 is 12.0 Å². The van der Waals surface area contributed by atoms with E-state index in [0.29, 0.717) is 25.1 Å². The number of hydrogen-bond donors (Lipinski definition) is 2. The molecule has 0 fully saturated rings. The van der Waals surface area contributed by atoms with Crippen molar-refractivity contribution in [2.45, 2.75) is 39.3 Å². The van der Waals surface area contributed by atoms with Gasteiger partial charge in [0, 0.05) is 17.2 Å². The number of carboxylic acid groups (broad SMARTS) is 1. The lowest BCUT2D eigenvalue weighted by molar-refractivity contribution is -0.139. The van der Waals surface area contributed by atoms with Gasteiger partial charge in [-0.3, -0.25) is 4.79 Å². The Kier molecular flexibility index (Phi) is 5.40. The zero-order valence-electron chi connectivity index (χ0n) is 10.4. The van der Waals surface area contributed by atoms with Gasteiger partial charge in [-0.05, 0) is 35.3 Å². The molecule has 0 bridgehead atoms. The van der Waals surface area contributed by atoms with Gasteiger partial charge in [-0.1, -0.05) is 13.3 Å². The zero-order valence-corrected chi connectivity index (χ0v) is 12.0. The Labute approximate surface area is 114 Å². The topological polar surface area (TPSA) is 71.3 Å². The van der Waals surface area contributed by atoms with E-state index in [1.54, 1.807) is 16.8 Å². The third-order valence-corrected chi connectivity index (χ3v) is 3.05. The lowest BCUT2D eigenvalue weighted by Gasteiger charge is -2.14. The predicted molar refractivity (Wildman–Crippen MR) is 71.6 cm³/mol. The van der Waals surface area contributed by atoms with Gasteiger partial charge in [-0.15, -0.1) is 0 Å². The molecule has 18 heavy (non-hydrogen) atoms. The number of nitrogens with zero attached hydrogens (tertiary/aromatic N) is 1. The molecule has 2 N–H and O–H groups in total. The molecule has 1 rings (SSSR count). The summed E-state index contributed by atoms with van der Waals surface area (Å²) in [7, 11) is 0. The van der Waals surface area contributed by atoms with Crippen LogP contribution >= 0.6 is 15.9 Å². The Balaban J connectivity index is 2.83. The maximum Gasteiger partial charge on any atom is 0.326 e. The summed E-state index contributed by atoms with van der Waals surface area (Å²) in [4.78, 5) is 23.0. The molecular formula is C12H17BrN2O3. The van der Waals surface area contributed by atoms with E-state index in [1.807, 2.05) is 13.8 Å². The molecule has 0 aliphatic rings. The standard InChI is InChI=1S/C12H17BrN2O3/c1-3-5-9(12(17)18)14-11(16)10-6-8(13)7-15(10)4-2/h6-7,9H,3-5H2,1-2H3,(H,14,16)(H,17,18)/t9-/m1/s1. The van der Waals surface area contributed by atoms with Crippen LogP contribution < -0.4 is 5.32 Å². The molecule has 0 radical (unpaired) electrons. The van der Waals surface area contributed by atoms with E-state index in [2.05, 4.69) is 21.2 Å². The SMILES string of the molecule is CCC[C@@H](NC(=O)c1cc(Br)cn1CC)C(=O)O. The van der Waals surface area contributed by atoms with Crippen molar-refractivity contribution in [3.8, 4) is 0 Å². The summed E-state index contributed by atoms with van der Waals surface area (Å²) in [5, 5.41) is 11.5. The molecule has 0 aromatic carbocycles. The summed E-state index contributed by atoms with van der Waals surface area (Å²) in [6, 6.07) is 0.852. The van der Waals surface area contributed by atoms with Crippen molar-refractivity contribution >= 4 is 27.8 Å². The number of rotatable bonds is 6. The largest absolute Gasteiger partial charge is 0.480 e. The van der Waals surface area contributed by atoms with Crippen LogP contribution in [0.5, 0.6) is 0 Å². The van der Waals surface area contributed by atoms with Gasteiger partial charge < -0.3 is 15.0 Å². The molecular weight excluding hydrogens is 300 g/mol. The van der Waals surface area contributed by atoms with Crippen LogP contribution in [0.15, 0.2) is 16.7 Å². The second-order valence-corrected chi connectivity index (χ2v) is 4.90. The quantitative estimate of drug-likeness (QED) is 0.845. The molecule has 0 aliphatic carbocycles. The number of aryl methyl sites for hydroxylation is 1. The first kappa shape index (κ1) is 14.8. The average molecular weight is 317 g/mol. The lowest BCUT2D eigenvalue weighted by Crippen LogP contribution is -2.41. The van der Waals surface area contributed by atoms with Crippen molar-refractivity contribution < 1.29 is 14.7 Å². The van der Waals surface area contributed by atoms with Gasteiger partial charge >= 0.3 is 5.97 Å². The second kappa shape index (κ2) is 6.58. The maximum absolute atomic E-state index is 12.0. The Hall–Kier alpha value is -1.30. The van der Waals surface area contributed by atoms with Crippen molar-refractivity contribution in [1.29, 1.82) is 0 Å². The molecule has 1 amide bonds. The Morgan fingerprint density at radius 3 is 2.67 bits per heavy atom. The van der Waals surface area contributed by atoms with E-state index in [4.69, 9.17) is 5.11 Å². The van der Waals surface area contributed by atoms with Crippen LogP contribution in [0.2, 0.25) is 0 Å². The number of aliphatic carboxylic acids is 1. The highest BCUT2D eigenvalue weighted by molar-refractivity contribution is 9.10. The number of amides is 1. The number of hydrogen-bond acceptors (Lipinski definition) is 2. The lowest BCUT2D eigenvalue weighted by atomic mass is 10.1. The fraction of sp³-hybridized carbons (Fsp3) is 0.500. The molecule has 6 heteroatoms. The van der Waals surface area contributed by atoms with Gasteiger partial charge in [0.05, 0.1) is 0 Å². The van der Waals surface area contributed by atoms with E-state index in [1.165, 1.54) is 0 Å². The van der Waals surface area contributed by atoms with E-state index >= 15 is 0 Å². The van der Waals surface area contributed by atoms with Crippen LogP contribution in [0.1, 0.15) is 37.2 Å². The fourth-order valence-electron chi connectivity index (χ4n) is 1.71. The fourth-order valence-corrected chi connectivity index (χ4v) is 2.17. The Bertz CT molecular complexity index is 443. The minimum Gasteiger partial charge on any atom is -0.480 e. The molecule has 1 atom stereocenters. The van der Waals surface area contributed by atoms with Crippen molar-refractivity contribution in [3.05, 3.63) is 22.4 Å². The van der Waals surface area contributed by atoms with E-state index in [0.717, 1.165) is 4.47 Å². The highest BCUT2D eigenvalue weighted by Gasteiger charge is 2.21. The molecule has 0 aliphatic heterocycles. The van der Waals surface area contributed by atoms with Crippen molar-refractivity contribution in [3.63, 3.8) is 0 Å². The minimum absolute atomic E-state index is 0.358. The number of carboxylic acids is 1. The van der Waals surface area contributed by atoms with Gasteiger partial charge in [0.15, 0.2) is 0 Å². The number of carbonyl (C=O) groups is 2. The van der Waals surface area contributed by atoms with Crippen molar-refractivity contribution in [2.24, 2.45) is 0 Å². The van der Waals surface area contributed by atoms with E-state index in [-0.39, 0.29) is 5.91 Å². The summed E-state index contributed by atoms with van der Waals surface area (Å²) in [5.74, 6) is -1.36. The van der Waals surface area contributed by atoms with Gasteiger partial charge in [-0.2, -0.15) is 0 Å². The van der Waals surface area contributed by atoms with Crippen molar-refractivity contribution in [1.82, 2.24) is 9.88 Å². The Morgan fingerprint density at radius 1 is 1.50 bits per heavy atom. The number of carbonyl (C=O) groups excluding carboxylic acids is 1. The highest BCUT2D eigenvalue weighted by atomic mass is 79.9. The minimum atomic E-state index is -1.00. The van der Waals surface area contributed by atoms with Gasteiger partial charge in [-0.25, -0.2) is 4.79 Å². The first-order valence-corrected chi connectivity index (χ1v) is 6.68. The molecule has 0 unspecified atom stereocenters. The van der Waals surface area contributed by atoms with Gasteiger partial charge in [0.1, 0.15) is 11.7 Å². The smallest absolute Gasteiger partial charge is 0.326 e. The summed E-state index contributed by atoms with van der Waals surface area (Å²) in [6.45, 7) is 4.46. The van der Waals surface area contributed by atoms with Crippen LogP contribution in [0.25, 0.3) is 0 Å². The summed E-state index contributed by atoms with van der Waals surface area (Å²) in [5.41, 5.74) is 0.465. The molecule has 0 saturated heterocycles. The van der Waals surface area contributed by atoms with Crippen molar-refractivity contribution in [2.75, 3.05) is 0 Å². The molecule has 0 spiro atoms. The average Bonchev–Trinajstić information content (AvgIpc) is 2.69. The highest BCUT2D eigenvalue weighted by Crippen LogP contribution is 2.15. The van der Waals surface area contributed by atoms with Crippen LogP contribution in [0, 0.1) is 0 Å². The molecule has 1 aromatic rings. The van der Waals surface area contributed by atoms with Crippen LogP contribution in [-0.4, -0.2) is 27.6 Å². The van der Waals surface area contributed by atoms with Gasteiger partial charge in [0.25, 0.3) is 5.91 Å². The molecule has 1 heterocycles. The molecule has 5 nitrogen and oxygen atoms in total. The number of nitrogens with one attached hydrogen (secondary N) is 1. The van der Waals surface area contributed by atoms with Crippen LogP contribution in [0.4, 0.5) is 0 Å². The molecule has 1 aromatic heterocycles. The number of halogens is 1. The summed E-state index contributed by atoms with van der Waals surface area (Å²) < 4.78 is 2.57. The molecule has 100 valence electrons. The second-order valence-electron chi connectivity index (χ2n) is 3.98. The van der Waals surface area contributed by atoms with Crippen LogP contribution in [0.3, 0.4) is 0 Å². The van der Waals surface area contributed by atoms with Crippen LogP contribution in [-0.2, 0) is 11.3 Å². The normalized spacial score (nSPS) is 12.2. The summed E-state index contributed by atoms with van der Waals surface area (Å²) >= 11 is 3.30. The zero-order chi connectivity index (χ0) is 13.7. The predicted octanol–water partition coefficient (Wildman–Crippen LogP) is 2.25. The monoisotopic (exact) mass is 316 g/mol. The maximum atomic E-state index is 12.0. The summed E-state index contributed by atoms with van der Waals surface area (Å²) in [6.07, 6.45) is 2.93. The molecule has 0 saturated carbocycles. The third-order valence-electron chi connectivity index (χ3n) is 2.62. The first-order valence-electron chi connectivity index (χ1n) is 5.88.